The van der Waals surface area contributed by atoms with Crippen molar-refractivity contribution >= 4 is 0 Å². The molecule has 3 heteroatoms. The maximum absolute atomic E-state index is 6.07. The van der Waals surface area contributed by atoms with Crippen molar-refractivity contribution in [1.82, 2.24) is 0 Å². The average molecular weight is 265 g/mol. The molecule has 0 aliphatic rings. The average Bonchev–Trinajstić information content (AvgIpc) is 2.43. The summed E-state index contributed by atoms with van der Waals surface area (Å²) in [6.07, 6.45) is 3.80. The lowest BCUT2D eigenvalue weighted by atomic mass is 10.0. The van der Waals surface area contributed by atoms with Crippen molar-refractivity contribution < 1.29 is 9.47 Å². The van der Waals surface area contributed by atoms with Crippen molar-refractivity contribution in [2.75, 3.05) is 20.3 Å². The smallest absolute Gasteiger partial charge is 0.122 e. The Balaban J connectivity index is 2.83. The quantitative estimate of drug-likeness (QED) is 0.746. The Hall–Kier alpha value is -1.06. The molecule has 1 atom stereocenters. The summed E-state index contributed by atoms with van der Waals surface area (Å²) in [6.45, 7) is 5.73. The Bertz CT molecular complexity index is 366. The Labute approximate surface area is 117 Å². The summed E-state index contributed by atoms with van der Waals surface area (Å²) in [5.41, 5.74) is 8.57. The van der Waals surface area contributed by atoms with E-state index in [9.17, 15) is 0 Å². The van der Waals surface area contributed by atoms with E-state index in [1.807, 2.05) is 0 Å². The van der Waals surface area contributed by atoms with E-state index in [4.69, 9.17) is 15.2 Å². The van der Waals surface area contributed by atoms with Gasteiger partial charge in [-0.1, -0.05) is 26.0 Å². The standard InChI is InChI=1S/C16H27NO2/c1-4-9-19-16-7-6-13(8-10-18-3)11-14(16)12-15(17)5-2/h6-7,11,15H,4-5,8-10,12,17H2,1-3H3. The third kappa shape index (κ3) is 5.62. The van der Waals surface area contributed by atoms with Crippen molar-refractivity contribution in [2.24, 2.45) is 5.73 Å². The van der Waals surface area contributed by atoms with Crippen LogP contribution in [0.15, 0.2) is 18.2 Å². The first-order chi connectivity index (χ1) is 9.21. The van der Waals surface area contributed by atoms with E-state index in [1.54, 1.807) is 7.11 Å². The Morgan fingerprint density at radius 2 is 2.00 bits per heavy atom. The topological polar surface area (TPSA) is 44.5 Å². The van der Waals surface area contributed by atoms with Gasteiger partial charge in [0.15, 0.2) is 0 Å². The lowest BCUT2D eigenvalue weighted by Crippen LogP contribution is -2.22. The summed E-state index contributed by atoms with van der Waals surface area (Å²) in [7, 11) is 1.73. The molecule has 19 heavy (non-hydrogen) atoms. The van der Waals surface area contributed by atoms with Gasteiger partial charge in [-0.05, 0) is 42.9 Å². The number of benzene rings is 1. The van der Waals surface area contributed by atoms with Crippen LogP contribution in [-0.4, -0.2) is 26.4 Å². The lowest BCUT2D eigenvalue weighted by molar-refractivity contribution is 0.202. The van der Waals surface area contributed by atoms with Gasteiger partial charge in [-0.3, -0.25) is 0 Å². The summed E-state index contributed by atoms with van der Waals surface area (Å²) in [5.74, 6) is 0.979. The molecule has 0 radical (unpaired) electrons. The molecule has 0 spiro atoms. The number of nitrogens with two attached hydrogens (primary N) is 1. The predicted octanol–water partition coefficient (Wildman–Crippen LogP) is 2.94. The zero-order chi connectivity index (χ0) is 14.1. The third-order valence-electron chi connectivity index (χ3n) is 3.19. The van der Waals surface area contributed by atoms with E-state index in [0.717, 1.165) is 44.6 Å². The molecular weight excluding hydrogens is 238 g/mol. The highest BCUT2D eigenvalue weighted by Crippen LogP contribution is 2.22. The van der Waals surface area contributed by atoms with Crippen LogP contribution in [0.3, 0.4) is 0 Å². The fraction of sp³-hybridized carbons (Fsp3) is 0.625. The molecule has 108 valence electrons. The van der Waals surface area contributed by atoms with Crippen LogP contribution >= 0.6 is 0 Å². The summed E-state index contributed by atoms with van der Waals surface area (Å²) in [5, 5.41) is 0. The van der Waals surface area contributed by atoms with Gasteiger partial charge < -0.3 is 15.2 Å². The lowest BCUT2D eigenvalue weighted by Gasteiger charge is -2.15. The van der Waals surface area contributed by atoms with Gasteiger partial charge in [0, 0.05) is 13.2 Å². The SMILES string of the molecule is CCCOc1ccc(CCOC)cc1CC(N)CC. The number of ether oxygens (including phenoxy) is 2. The number of hydrogen-bond donors (Lipinski definition) is 1. The van der Waals surface area contributed by atoms with Gasteiger partial charge >= 0.3 is 0 Å². The van der Waals surface area contributed by atoms with Crippen LogP contribution in [0.25, 0.3) is 0 Å². The Morgan fingerprint density at radius 1 is 1.21 bits per heavy atom. The summed E-state index contributed by atoms with van der Waals surface area (Å²) >= 11 is 0. The Kier molecular flexibility index (Phi) is 7.53. The van der Waals surface area contributed by atoms with Crippen LogP contribution in [0.2, 0.25) is 0 Å². The highest BCUT2D eigenvalue weighted by molar-refractivity contribution is 5.38. The van der Waals surface area contributed by atoms with E-state index in [0.29, 0.717) is 0 Å². The Morgan fingerprint density at radius 3 is 2.63 bits per heavy atom. The molecular formula is C16H27NO2. The molecule has 0 heterocycles. The second-order valence-electron chi connectivity index (χ2n) is 4.91. The van der Waals surface area contributed by atoms with Crippen molar-refractivity contribution in [3.63, 3.8) is 0 Å². The highest BCUT2D eigenvalue weighted by atomic mass is 16.5. The number of rotatable bonds is 9. The van der Waals surface area contributed by atoms with Gasteiger partial charge in [0.1, 0.15) is 5.75 Å². The van der Waals surface area contributed by atoms with Gasteiger partial charge in [0.2, 0.25) is 0 Å². The largest absolute Gasteiger partial charge is 0.493 e. The van der Waals surface area contributed by atoms with E-state index in [2.05, 4.69) is 32.0 Å². The van der Waals surface area contributed by atoms with Crippen molar-refractivity contribution in [1.29, 1.82) is 0 Å². The molecule has 1 aromatic carbocycles. The maximum Gasteiger partial charge on any atom is 0.122 e. The predicted molar refractivity (Wildman–Crippen MR) is 79.8 cm³/mol. The van der Waals surface area contributed by atoms with Crippen LogP contribution in [0.1, 0.15) is 37.8 Å². The van der Waals surface area contributed by atoms with Crippen LogP contribution in [0, 0.1) is 0 Å². The fourth-order valence-electron chi connectivity index (χ4n) is 1.95. The molecule has 1 aromatic rings. The molecule has 0 saturated carbocycles. The normalized spacial score (nSPS) is 12.4. The van der Waals surface area contributed by atoms with E-state index < -0.39 is 0 Å². The minimum Gasteiger partial charge on any atom is -0.493 e. The zero-order valence-corrected chi connectivity index (χ0v) is 12.4. The number of methoxy groups -OCH3 is 1. The molecule has 0 aliphatic carbocycles. The molecule has 3 nitrogen and oxygen atoms in total. The van der Waals surface area contributed by atoms with Crippen molar-refractivity contribution in [2.45, 2.75) is 45.6 Å². The minimum atomic E-state index is 0.196. The van der Waals surface area contributed by atoms with Crippen LogP contribution in [0.5, 0.6) is 5.75 Å². The molecule has 0 amide bonds. The molecule has 0 aliphatic heterocycles. The highest BCUT2D eigenvalue weighted by Gasteiger charge is 2.09. The summed E-state index contributed by atoms with van der Waals surface area (Å²) < 4.78 is 10.9. The van der Waals surface area contributed by atoms with Gasteiger partial charge in [-0.25, -0.2) is 0 Å². The summed E-state index contributed by atoms with van der Waals surface area (Å²) in [4.78, 5) is 0. The first kappa shape index (κ1) is 16.0. The molecule has 0 fully saturated rings. The fourth-order valence-corrected chi connectivity index (χ4v) is 1.95. The van der Waals surface area contributed by atoms with Gasteiger partial charge in [-0.15, -0.1) is 0 Å². The molecule has 1 rings (SSSR count). The van der Waals surface area contributed by atoms with Gasteiger partial charge in [0.25, 0.3) is 0 Å². The summed E-state index contributed by atoms with van der Waals surface area (Å²) in [6, 6.07) is 6.59. The second-order valence-corrected chi connectivity index (χ2v) is 4.91. The van der Waals surface area contributed by atoms with E-state index in [1.165, 1.54) is 11.1 Å². The van der Waals surface area contributed by atoms with Crippen molar-refractivity contribution in [3.8, 4) is 5.75 Å². The van der Waals surface area contributed by atoms with E-state index >= 15 is 0 Å². The third-order valence-corrected chi connectivity index (χ3v) is 3.19. The first-order valence-corrected chi connectivity index (χ1v) is 7.20. The minimum absolute atomic E-state index is 0.196. The monoisotopic (exact) mass is 265 g/mol. The van der Waals surface area contributed by atoms with Gasteiger partial charge in [-0.2, -0.15) is 0 Å². The van der Waals surface area contributed by atoms with Crippen LogP contribution in [0.4, 0.5) is 0 Å². The number of hydrogen-bond acceptors (Lipinski definition) is 3. The zero-order valence-electron chi connectivity index (χ0n) is 12.4. The van der Waals surface area contributed by atoms with Crippen LogP contribution < -0.4 is 10.5 Å². The molecule has 1 unspecified atom stereocenters. The van der Waals surface area contributed by atoms with Crippen molar-refractivity contribution in [3.05, 3.63) is 29.3 Å². The molecule has 0 saturated heterocycles. The van der Waals surface area contributed by atoms with Gasteiger partial charge in [0.05, 0.1) is 13.2 Å². The second kappa shape index (κ2) is 8.94. The molecule has 2 N–H and O–H groups in total. The van der Waals surface area contributed by atoms with Crippen LogP contribution in [-0.2, 0) is 17.6 Å². The first-order valence-electron chi connectivity index (χ1n) is 7.20. The molecule has 0 aromatic heterocycles. The molecule has 0 bridgehead atoms. The maximum atomic E-state index is 6.07. The van der Waals surface area contributed by atoms with E-state index in [-0.39, 0.29) is 6.04 Å².